The molecule has 0 amide bonds. The Hall–Kier alpha value is -0.610. The van der Waals surface area contributed by atoms with Gasteiger partial charge in [0.25, 0.3) is 0 Å². The van der Waals surface area contributed by atoms with E-state index in [1.807, 2.05) is 6.92 Å². The predicted molar refractivity (Wildman–Crippen MR) is 73.4 cm³/mol. The minimum atomic E-state index is -1.49. The molecule has 0 rings (SSSR count). The highest BCUT2D eigenvalue weighted by molar-refractivity contribution is 5.79. The molecule has 0 unspecified atom stereocenters. The maximum atomic E-state index is 11.8. The van der Waals surface area contributed by atoms with Crippen molar-refractivity contribution in [3.8, 4) is 0 Å². The topological polar surface area (TPSA) is 58.6 Å². The first kappa shape index (κ1) is 17.4. The molecule has 0 fully saturated rings. The van der Waals surface area contributed by atoms with Gasteiger partial charge in [-0.05, 0) is 47.0 Å². The zero-order valence-electron chi connectivity index (χ0n) is 12.8. The van der Waals surface area contributed by atoms with Crippen LogP contribution >= 0.6 is 0 Å². The summed E-state index contributed by atoms with van der Waals surface area (Å²) in [7, 11) is 0. The first-order valence-corrected chi connectivity index (χ1v) is 6.63. The third-order valence-electron chi connectivity index (χ3n) is 2.46. The Balaban J connectivity index is 4.26. The Morgan fingerprint density at radius 3 is 2.11 bits per heavy atom. The SMILES string of the molecule is CC(C)C[C@H](C)NC[C@@](C)(O)C(=O)OC(C)(C)C. The van der Waals surface area contributed by atoms with E-state index < -0.39 is 17.2 Å². The highest BCUT2D eigenvalue weighted by Gasteiger charge is 2.34. The van der Waals surface area contributed by atoms with Crippen LogP contribution in [0.5, 0.6) is 0 Å². The smallest absolute Gasteiger partial charge is 0.339 e. The van der Waals surface area contributed by atoms with Gasteiger partial charge >= 0.3 is 5.97 Å². The summed E-state index contributed by atoms with van der Waals surface area (Å²) in [5, 5.41) is 13.3. The van der Waals surface area contributed by atoms with E-state index in [9.17, 15) is 9.90 Å². The van der Waals surface area contributed by atoms with Crippen molar-refractivity contribution in [2.45, 2.75) is 72.1 Å². The van der Waals surface area contributed by atoms with Crippen LogP contribution in [-0.4, -0.2) is 34.9 Å². The number of ether oxygens (including phenoxy) is 1. The molecule has 4 heteroatoms. The van der Waals surface area contributed by atoms with Gasteiger partial charge in [-0.25, -0.2) is 4.79 Å². The third-order valence-corrected chi connectivity index (χ3v) is 2.46. The quantitative estimate of drug-likeness (QED) is 0.717. The van der Waals surface area contributed by atoms with Gasteiger partial charge < -0.3 is 15.2 Å². The van der Waals surface area contributed by atoms with Crippen molar-refractivity contribution >= 4 is 5.97 Å². The number of hydrogen-bond donors (Lipinski definition) is 2. The fourth-order valence-electron chi connectivity index (χ4n) is 1.62. The lowest BCUT2D eigenvalue weighted by atomic mass is 10.0. The molecule has 0 aliphatic carbocycles. The van der Waals surface area contributed by atoms with Gasteiger partial charge in [-0.15, -0.1) is 0 Å². The van der Waals surface area contributed by atoms with Gasteiger partial charge in [0.05, 0.1) is 0 Å². The first-order chi connectivity index (χ1) is 7.94. The summed E-state index contributed by atoms with van der Waals surface area (Å²) in [4.78, 5) is 11.8. The first-order valence-electron chi connectivity index (χ1n) is 6.63. The average molecular weight is 259 g/mol. The molecule has 4 nitrogen and oxygen atoms in total. The molecule has 2 N–H and O–H groups in total. The average Bonchev–Trinajstić information content (AvgIpc) is 2.11. The van der Waals surface area contributed by atoms with Gasteiger partial charge in [0.1, 0.15) is 5.60 Å². The second kappa shape index (κ2) is 6.53. The minimum absolute atomic E-state index is 0.204. The van der Waals surface area contributed by atoms with Crippen LogP contribution in [0.4, 0.5) is 0 Å². The third kappa shape index (κ3) is 7.67. The normalized spacial score (nSPS) is 17.4. The molecular weight excluding hydrogens is 230 g/mol. The maximum absolute atomic E-state index is 11.8. The van der Waals surface area contributed by atoms with Crippen molar-refractivity contribution in [3.63, 3.8) is 0 Å². The Bertz CT molecular complexity index is 267. The van der Waals surface area contributed by atoms with Crippen molar-refractivity contribution < 1.29 is 14.6 Å². The number of hydrogen-bond acceptors (Lipinski definition) is 4. The van der Waals surface area contributed by atoms with E-state index in [-0.39, 0.29) is 12.6 Å². The van der Waals surface area contributed by atoms with Crippen molar-refractivity contribution in [1.82, 2.24) is 5.32 Å². The Morgan fingerprint density at radius 2 is 1.72 bits per heavy atom. The van der Waals surface area contributed by atoms with Crippen LogP contribution in [0.2, 0.25) is 0 Å². The van der Waals surface area contributed by atoms with Crippen LogP contribution in [0.15, 0.2) is 0 Å². The van der Waals surface area contributed by atoms with Crippen LogP contribution < -0.4 is 5.32 Å². The molecule has 0 aliphatic heterocycles. The van der Waals surface area contributed by atoms with E-state index in [1.54, 1.807) is 20.8 Å². The van der Waals surface area contributed by atoms with Gasteiger partial charge in [-0.2, -0.15) is 0 Å². The van der Waals surface area contributed by atoms with Crippen LogP contribution in [0, 0.1) is 5.92 Å². The van der Waals surface area contributed by atoms with E-state index in [2.05, 4.69) is 19.2 Å². The summed E-state index contributed by atoms with van der Waals surface area (Å²) in [5.74, 6) is -0.00165. The monoisotopic (exact) mass is 259 g/mol. The molecule has 0 aliphatic rings. The Labute approximate surface area is 111 Å². The van der Waals surface area contributed by atoms with E-state index in [0.717, 1.165) is 6.42 Å². The number of carbonyl (C=O) groups is 1. The lowest BCUT2D eigenvalue weighted by Crippen LogP contribution is -2.50. The van der Waals surface area contributed by atoms with Crippen molar-refractivity contribution in [2.24, 2.45) is 5.92 Å². The molecule has 108 valence electrons. The van der Waals surface area contributed by atoms with Gasteiger partial charge in [0.2, 0.25) is 0 Å². The second-order valence-electron chi connectivity index (χ2n) is 6.69. The van der Waals surface area contributed by atoms with Gasteiger partial charge in [-0.3, -0.25) is 0 Å². The summed E-state index contributed by atoms with van der Waals surface area (Å²) < 4.78 is 5.19. The molecule has 0 bridgehead atoms. The summed E-state index contributed by atoms with van der Waals surface area (Å²) in [6.45, 7) is 13.4. The van der Waals surface area contributed by atoms with E-state index in [0.29, 0.717) is 5.92 Å². The fourth-order valence-corrected chi connectivity index (χ4v) is 1.62. The van der Waals surface area contributed by atoms with E-state index >= 15 is 0 Å². The number of rotatable bonds is 6. The molecule has 2 atom stereocenters. The number of esters is 1. The van der Waals surface area contributed by atoms with Crippen molar-refractivity contribution in [1.29, 1.82) is 0 Å². The zero-order chi connectivity index (χ0) is 14.6. The summed E-state index contributed by atoms with van der Waals surface area (Å²) in [6, 6.07) is 0.263. The lowest BCUT2D eigenvalue weighted by Gasteiger charge is -2.29. The molecule has 0 saturated carbocycles. The van der Waals surface area contributed by atoms with Crippen LogP contribution in [-0.2, 0) is 9.53 Å². The summed E-state index contributed by atoms with van der Waals surface area (Å²) in [5.41, 5.74) is -2.07. The largest absolute Gasteiger partial charge is 0.458 e. The number of carbonyl (C=O) groups excluding carboxylic acids is 1. The maximum Gasteiger partial charge on any atom is 0.339 e. The Morgan fingerprint density at radius 1 is 1.22 bits per heavy atom. The van der Waals surface area contributed by atoms with E-state index in [1.165, 1.54) is 6.92 Å². The standard InChI is InChI=1S/C14H29NO3/c1-10(2)8-11(3)15-9-14(7,17)12(16)18-13(4,5)6/h10-11,15,17H,8-9H2,1-7H3/t11-,14+/m0/s1. The lowest BCUT2D eigenvalue weighted by molar-refractivity contribution is -0.174. The second-order valence-corrected chi connectivity index (χ2v) is 6.69. The molecular formula is C14H29NO3. The highest BCUT2D eigenvalue weighted by atomic mass is 16.6. The fraction of sp³-hybridized carbons (Fsp3) is 0.929. The van der Waals surface area contributed by atoms with Gasteiger partial charge in [0.15, 0.2) is 5.60 Å². The zero-order valence-corrected chi connectivity index (χ0v) is 12.8. The van der Waals surface area contributed by atoms with Gasteiger partial charge in [0, 0.05) is 12.6 Å². The molecule has 0 radical (unpaired) electrons. The highest BCUT2D eigenvalue weighted by Crippen LogP contribution is 2.14. The molecule has 0 spiro atoms. The number of aliphatic hydroxyl groups is 1. The van der Waals surface area contributed by atoms with Crippen LogP contribution in [0.1, 0.15) is 54.9 Å². The Kier molecular flexibility index (Phi) is 6.30. The minimum Gasteiger partial charge on any atom is -0.458 e. The molecule has 0 aromatic heterocycles. The van der Waals surface area contributed by atoms with Crippen LogP contribution in [0.3, 0.4) is 0 Å². The summed E-state index contributed by atoms with van der Waals surface area (Å²) >= 11 is 0. The van der Waals surface area contributed by atoms with Crippen LogP contribution in [0.25, 0.3) is 0 Å². The molecule has 0 heterocycles. The number of nitrogens with one attached hydrogen (secondary N) is 1. The molecule has 18 heavy (non-hydrogen) atoms. The molecule has 0 aromatic carbocycles. The summed E-state index contributed by atoms with van der Waals surface area (Å²) in [6.07, 6.45) is 1.00. The van der Waals surface area contributed by atoms with E-state index in [4.69, 9.17) is 4.74 Å². The van der Waals surface area contributed by atoms with Gasteiger partial charge in [-0.1, -0.05) is 13.8 Å². The van der Waals surface area contributed by atoms with Crippen molar-refractivity contribution in [2.75, 3.05) is 6.54 Å². The molecule has 0 aromatic rings. The van der Waals surface area contributed by atoms with Crippen molar-refractivity contribution in [3.05, 3.63) is 0 Å². The molecule has 0 saturated heterocycles. The predicted octanol–water partition coefficient (Wildman–Crippen LogP) is 2.10.